The van der Waals surface area contributed by atoms with E-state index in [1.54, 1.807) is 29.2 Å². The second-order valence-corrected chi connectivity index (χ2v) is 11.5. The SMILES string of the molecule is CC[C@H](C)N1C(=O)[C@H]2[C@H](C(=O)Nc3ccc(Cl)cc3)[C@H]3C=C[C@@]2(O3)[C@@H]1C(=O)N[C@@H]1CCC[C@@H](C)[C@@H]1C. The molecule has 36 heavy (non-hydrogen) atoms. The normalized spacial score (nSPS) is 37.6. The second kappa shape index (κ2) is 9.49. The highest BCUT2D eigenvalue weighted by Crippen LogP contribution is 2.56. The lowest BCUT2D eigenvalue weighted by Gasteiger charge is -2.39. The van der Waals surface area contributed by atoms with E-state index in [1.165, 1.54) is 6.42 Å². The molecule has 8 heteroatoms. The summed E-state index contributed by atoms with van der Waals surface area (Å²) >= 11 is 5.98. The Hall–Kier alpha value is -2.38. The smallest absolute Gasteiger partial charge is 0.246 e. The third-order valence-electron chi connectivity index (χ3n) is 9.07. The van der Waals surface area contributed by atoms with Gasteiger partial charge in [0.25, 0.3) is 0 Å². The number of fused-ring (bicyclic) bond motifs is 1. The van der Waals surface area contributed by atoms with Gasteiger partial charge in [-0.3, -0.25) is 14.4 Å². The Kier molecular flexibility index (Phi) is 6.66. The number of anilines is 1. The molecule has 2 bridgehead atoms. The summed E-state index contributed by atoms with van der Waals surface area (Å²) in [7, 11) is 0. The maximum atomic E-state index is 13.9. The third-order valence-corrected chi connectivity index (χ3v) is 9.33. The maximum Gasteiger partial charge on any atom is 0.246 e. The second-order valence-electron chi connectivity index (χ2n) is 11.1. The summed E-state index contributed by atoms with van der Waals surface area (Å²) in [5, 5.41) is 6.78. The molecule has 5 rings (SSSR count). The molecule has 9 atom stereocenters. The number of carbonyl (C=O) groups excluding carboxylic acids is 3. The van der Waals surface area contributed by atoms with Gasteiger partial charge in [-0.15, -0.1) is 0 Å². The number of hydrogen-bond donors (Lipinski definition) is 2. The lowest BCUT2D eigenvalue weighted by Crippen LogP contribution is -2.59. The van der Waals surface area contributed by atoms with Crippen LogP contribution in [0.1, 0.15) is 53.4 Å². The minimum absolute atomic E-state index is 0.0668. The number of nitrogens with zero attached hydrogens (tertiary/aromatic N) is 1. The Morgan fingerprint density at radius 2 is 1.92 bits per heavy atom. The molecule has 0 aromatic heterocycles. The van der Waals surface area contributed by atoms with E-state index in [-0.39, 0.29) is 29.8 Å². The molecular weight excluding hydrogens is 478 g/mol. The van der Waals surface area contributed by atoms with Gasteiger partial charge in [0.1, 0.15) is 11.6 Å². The number of nitrogens with one attached hydrogen (secondary N) is 2. The van der Waals surface area contributed by atoms with Gasteiger partial charge in [-0.25, -0.2) is 0 Å². The largest absolute Gasteiger partial charge is 0.359 e. The van der Waals surface area contributed by atoms with Crippen LogP contribution in [0.5, 0.6) is 0 Å². The molecule has 1 aromatic rings. The van der Waals surface area contributed by atoms with Gasteiger partial charge in [0.2, 0.25) is 17.7 Å². The monoisotopic (exact) mass is 513 g/mol. The average molecular weight is 514 g/mol. The first-order valence-corrected chi connectivity index (χ1v) is 13.6. The number of carbonyl (C=O) groups is 3. The van der Waals surface area contributed by atoms with Crippen LogP contribution in [-0.2, 0) is 19.1 Å². The Bertz CT molecular complexity index is 1080. The first-order valence-electron chi connectivity index (χ1n) is 13.2. The minimum atomic E-state index is -1.14. The fraction of sp³-hybridized carbons (Fsp3) is 0.607. The van der Waals surface area contributed by atoms with Crippen molar-refractivity contribution in [3.8, 4) is 0 Å². The van der Waals surface area contributed by atoms with Gasteiger partial charge >= 0.3 is 0 Å². The van der Waals surface area contributed by atoms with Crippen molar-refractivity contribution in [2.45, 2.75) is 83.2 Å². The van der Waals surface area contributed by atoms with Crippen molar-refractivity contribution in [1.29, 1.82) is 0 Å². The van der Waals surface area contributed by atoms with E-state index < -0.39 is 29.6 Å². The molecule has 3 fully saturated rings. The number of hydrogen-bond acceptors (Lipinski definition) is 4. The van der Waals surface area contributed by atoms with Gasteiger partial charge in [-0.05, 0) is 55.9 Å². The Labute approximate surface area is 218 Å². The molecule has 3 amide bonds. The van der Waals surface area contributed by atoms with Crippen LogP contribution >= 0.6 is 11.6 Å². The van der Waals surface area contributed by atoms with Gasteiger partial charge in [0.15, 0.2) is 0 Å². The quantitative estimate of drug-likeness (QED) is 0.559. The molecule has 1 saturated carbocycles. The molecule has 7 nitrogen and oxygen atoms in total. The molecule has 3 aliphatic heterocycles. The Morgan fingerprint density at radius 1 is 1.19 bits per heavy atom. The molecule has 1 aliphatic carbocycles. The topological polar surface area (TPSA) is 87.7 Å². The van der Waals surface area contributed by atoms with Crippen LogP contribution in [0.4, 0.5) is 5.69 Å². The van der Waals surface area contributed by atoms with Crippen molar-refractivity contribution in [3.05, 3.63) is 41.4 Å². The zero-order valence-electron chi connectivity index (χ0n) is 21.4. The van der Waals surface area contributed by atoms with Crippen LogP contribution in [0.25, 0.3) is 0 Å². The molecule has 2 N–H and O–H groups in total. The van der Waals surface area contributed by atoms with Crippen LogP contribution in [-0.4, -0.2) is 52.5 Å². The van der Waals surface area contributed by atoms with Gasteiger partial charge in [-0.1, -0.05) is 57.4 Å². The summed E-state index contributed by atoms with van der Waals surface area (Å²) in [4.78, 5) is 43.0. The molecule has 2 saturated heterocycles. The van der Waals surface area contributed by atoms with Gasteiger partial charge < -0.3 is 20.3 Å². The first-order chi connectivity index (χ1) is 17.2. The van der Waals surface area contributed by atoms with E-state index in [9.17, 15) is 14.4 Å². The van der Waals surface area contributed by atoms with Crippen molar-refractivity contribution in [1.82, 2.24) is 10.2 Å². The Balaban J connectivity index is 1.44. The highest BCUT2D eigenvalue weighted by Gasteiger charge is 2.73. The number of rotatable bonds is 6. The number of benzene rings is 1. The van der Waals surface area contributed by atoms with E-state index in [2.05, 4.69) is 24.5 Å². The van der Waals surface area contributed by atoms with E-state index in [0.717, 1.165) is 12.8 Å². The lowest BCUT2D eigenvalue weighted by molar-refractivity contribution is -0.144. The van der Waals surface area contributed by atoms with E-state index in [0.29, 0.717) is 29.0 Å². The highest BCUT2D eigenvalue weighted by atomic mass is 35.5. The molecule has 0 unspecified atom stereocenters. The van der Waals surface area contributed by atoms with Gasteiger partial charge in [-0.2, -0.15) is 0 Å². The standard InChI is InChI=1S/C28H36ClN3O4/c1-5-16(3)32-24(26(34)31-20-8-6-7-15(2)17(20)4)28-14-13-21(36-28)22(23(28)27(32)35)25(33)30-19-11-9-18(29)10-12-19/h9-17,20-24H,5-8H2,1-4H3,(H,30,33)(H,31,34)/t15-,16+,17+,20-,21-,22-,23-,24+,28+/m1/s1. The highest BCUT2D eigenvalue weighted by molar-refractivity contribution is 6.30. The van der Waals surface area contributed by atoms with Crippen molar-refractivity contribution in [3.63, 3.8) is 0 Å². The molecule has 4 aliphatic rings. The number of amides is 3. The van der Waals surface area contributed by atoms with Crippen molar-refractivity contribution in [2.24, 2.45) is 23.7 Å². The number of halogens is 1. The maximum absolute atomic E-state index is 13.9. The predicted molar refractivity (Wildman–Crippen MR) is 138 cm³/mol. The summed E-state index contributed by atoms with van der Waals surface area (Å²) in [6.07, 6.45) is 7.04. The Morgan fingerprint density at radius 3 is 2.61 bits per heavy atom. The van der Waals surface area contributed by atoms with E-state index >= 15 is 0 Å². The van der Waals surface area contributed by atoms with Crippen molar-refractivity contribution < 1.29 is 19.1 Å². The van der Waals surface area contributed by atoms with E-state index in [4.69, 9.17) is 16.3 Å². The summed E-state index contributed by atoms with van der Waals surface area (Å²) in [6, 6.07) is 5.96. The molecule has 1 aromatic carbocycles. The first kappa shape index (κ1) is 25.3. The van der Waals surface area contributed by atoms with Crippen LogP contribution in [0.2, 0.25) is 5.02 Å². The predicted octanol–water partition coefficient (Wildman–Crippen LogP) is 4.17. The molecule has 194 valence electrons. The molecule has 3 heterocycles. The molecule has 0 radical (unpaired) electrons. The van der Waals surface area contributed by atoms with Crippen LogP contribution in [0.3, 0.4) is 0 Å². The minimum Gasteiger partial charge on any atom is -0.359 e. The lowest BCUT2D eigenvalue weighted by atomic mass is 9.73. The number of likely N-dealkylation sites (tertiary alicyclic amines) is 1. The van der Waals surface area contributed by atoms with Crippen LogP contribution in [0, 0.1) is 23.7 Å². The summed E-state index contributed by atoms with van der Waals surface area (Å²) in [5.41, 5.74) is -0.537. The van der Waals surface area contributed by atoms with Crippen molar-refractivity contribution in [2.75, 3.05) is 5.32 Å². The fourth-order valence-corrected chi connectivity index (χ4v) is 6.81. The van der Waals surface area contributed by atoms with Crippen LogP contribution < -0.4 is 10.6 Å². The summed E-state index contributed by atoms with van der Waals surface area (Å²) in [5.74, 6) is -1.21. The number of ether oxygens (including phenoxy) is 1. The van der Waals surface area contributed by atoms with Gasteiger partial charge in [0, 0.05) is 22.8 Å². The van der Waals surface area contributed by atoms with E-state index in [1.807, 2.05) is 26.0 Å². The van der Waals surface area contributed by atoms with Crippen molar-refractivity contribution >= 4 is 35.0 Å². The summed E-state index contributed by atoms with van der Waals surface area (Å²) in [6.45, 7) is 8.38. The third kappa shape index (κ3) is 3.95. The molecular formula is C28H36ClN3O4. The fourth-order valence-electron chi connectivity index (χ4n) is 6.68. The average Bonchev–Trinajstić information content (AvgIpc) is 3.50. The van der Waals surface area contributed by atoms with Crippen LogP contribution in [0.15, 0.2) is 36.4 Å². The summed E-state index contributed by atoms with van der Waals surface area (Å²) < 4.78 is 6.42. The zero-order valence-corrected chi connectivity index (χ0v) is 22.1. The zero-order chi connectivity index (χ0) is 25.8. The van der Waals surface area contributed by atoms with Gasteiger partial charge in [0.05, 0.1) is 17.9 Å². The molecule has 1 spiro atoms.